The van der Waals surface area contributed by atoms with E-state index in [1.807, 2.05) is 16.7 Å². The van der Waals surface area contributed by atoms with Crippen LogP contribution in [0.2, 0.25) is 0 Å². The first-order chi connectivity index (χ1) is 9.33. The number of benzene rings is 1. The van der Waals surface area contributed by atoms with Crippen LogP contribution in [0.3, 0.4) is 0 Å². The maximum atomic E-state index is 13.2. The molecule has 2 aromatic heterocycles. The van der Waals surface area contributed by atoms with Gasteiger partial charge in [-0.3, -0.25) is 4.57 Å². The highest BCUT2D eigenvalue weighted by molar-refractivity contribution is 7.98. The Hall–Kier alpha value is -2.08. The summed E-state index contributed by atoms with van der Waals surface area (Å²) in [4.78, 5) is 4.26. The summed E-state index contributed by atoms with van der Waals surface area (Å²) in [6, 6.07) is 8.21. The molecule has 3 rings (SSSR count). The van der Waals surface area contributed by atoms with E-state index in [-0.39, 0.29) is 5.82 Å². The number of hydrogen-bond acceptors (Lipinski definition) is 4. The number of imidazole rings is 1. The van der Waals surface area contributed by atoms with Crippen LogP contribution < -0.4 is 0 Å². The van der Waals surface area contributed by atoms with Gasteiger partial charge in [-0.25, -0.2) is 9.37 Å². The lowest BCUT2D eigenvalue weighted by molar-refractivity contribution is 0.395. The summed E-state index contributed by atoms with van der Waals surface area (Å²) in [5.74, 6) is 1.14. The van der Waals surface area contributed by atoms with Crippen molar-refractivity contribution in [2.75, 3.05) is 0 Å². The van der Waals surface area contributed by atoms with E-state index in [9.17, 15) is 4.39 Å². The first kappa shape index (κ1) is 12.0. The number of nitrogens with zero attached hydrogens (tertiary/aromatic N) is 3. The van der Waals surface area contributed by atoms with Crippen molar-refractivity contribution in [3.8, 4) is 5.69 Å². The van der Waals surface area contributed by atoms with Crippen LogP contribution in [-0.4, -0.2) is 14.7 Å². The van der Waals surface area contributed by atoms with Crippen molar-refractivity contribution < 1.29 is 8.91 Å². The molecule has 0 bridgehead atoms. The molecule has 0 saturated heterocycles. The average Bonchev–Trinajstić information content (AvgIpc) is 3.08. The molecular weight excluding hydrogens is 265 g/mol. The summed E-state index contributed by atoms with van der Waals surface area (Å²) in [6.45, 7) is 0. The van der Waals surface area contributed by atoms with E-state index in [2.05, 4.69) is 10.1 Å². The van der Waals surface area contributed by atoms with Gasteiger partial charge in [0.2, 0.25) is 0 Å². The van der Waals surface area contributed by atoms with E-state index < -0.39 is 0 Å². The molecule has 0 spiro atoms. The second kappa shape index (κ2) is 5.27. The van der Waals surface area contributed by atoms with Crippen molar-refractivity contribution >= 4 is 11.8 Å². The smallest absolute Gasteiger partial charge is 0.173 e. The lowest BCUT2D eigenvalue weighted by Crippen LogP contribution is -1.95. The highest BCUT2D eigenvalue weighted by Gasteiger charge is 2.08. The Bertz CT molecular complexity index is 666. The average molecular weight is 275 g/mol. The molecule has 3 aromatic rings. The first-order valence-corrected chi connectivity index (χ1v) is 6.63. The Kier molecular flexibility index (Phi) is 3.33. The van der Waals surface area contributed by atoms with E-state index in [0.717, 1.165) is 16.6 Å². The molecule has 0 N–H and O–H groups in total. The van der Waals surface area contributed by atoms with Crippen LogP contribution in [0.15, 0.2) is 58.6 Å². The van der Waals surface area contributed by atoms with Gasteiger partial charge in [0.05, 0.1) is 17.6 Å². The van der Waals surface area contributed by atoms with Crippen molar-refractivity contribution in [1.82, 2.24) is 14.7 Å². The Morgan fingerprint density at radius 3 is 3.00 bits per heavy atom. The van der Waals surface area contributed by atoms with Crippen LogP contribution in [0.5, 0.6) is 0 Å². The van der Waals surface area contributed by atoms with E-state index in [4.69, 9.17) is 4.52 Å². The molecule has 6 heteroatoms. The topological polar surface area (TPSA) is 43.9 Å². The fraction of sp³-hybridized carbons (Fsp3) is 0.0769. The highest BCUT2D eigenvalue weighted by atomic mass is 32.2. The normalized spacial score (nSPS) is 10.8. The lowest BCUT2D eigenvalue weighted by Gasteiger charge is -2.06. The second-order valence-electron chi connectivity index (χ2n) is 3.83. The van der Waals surface area contributed by atoms with Crippen LogP contribution in [-0.2, 0) is 5.75 Å². The molecule has 4 nitrogen and oxygen atoms in total. The number of aromatic nitrogens is 3. The highest BCUT2D eigenvalue weighted by Crippen LogP contribution is 2.24. The molecule has 0 saturated carbocycles. The van der Waals surface area contributed by atoms with Gasteiger partial charge >= 0.3 is 0 Å². The van der Waals surface area contributed by atoms with Gasteiger partial charge in [-0.05, 0) is 18.2 Å². The van der Waals surface area contributed by atoms with Crippen molar-refractivity contribution in [3.05, 3.63) is 60.5 Å². The minimum atomic E-state index is -0.266. The minimum absolute atomic E-state index is 0.266. The summed E-state index contributed by atoms with van der Waals surface area (Å²) in [7, 11) is 0. The number of halogens is 1. The summed E-state index contributed by atoms with van der Waals surface area (Å²) >= 11 is 1.51. The van der Waals surface area contributed by atoms with Gasteiger partial charge in [0, 0.05) is 18.5 Å². The maximum absolute atomic E-state index is 13.2. The van der Waals surface area contributed by atoms with Crippen molar-refractivity contribution in [2.45, 2.75) is 10.9 Å². The Morgan fingerprint density at radius 1 is 1.26 bits per heavy atom. The third-order valence-corrected chi connectivity index (χ3v) is 3.52. The molecule has 0 unspecified atom stereocenters. The predicted molar refractivity (Wildman–Crippen MR) is 69.6 cm³/mol. The van der Waals surface area contributed by atoms with Gasteiger partial charge in [0.25, 0.3) is 0 Å². The van der Waals surface area contributed by atoms with E-state index >= 15 is 0 Å². The zero-order chi connectivity index (χ0) is 13.1. The molecule has 1 aromatic carbocycles. The largest absolute Gasteiger partial charge is 0.361 e. The van der Waals surface area contributed by atoms with Crippen molar-refractivity contribution in [1.29, 1.82) is 0 Å². The minimum Gasteiger partial charge on any atom is -0.361 e. The summed E-state index contributed by atoms with van der Waals surface area (Å²) < 4.78 is 20.1. The molecule has 0 amide bonds. The van der Waals surface area contributed by atoms with Crippen LogP contribution in [0, 0.1) is 5.82 Å². The first-order valence-electron chi connectivity index (χ1n) is 5.64. The Balaban J connectivity index is 1.82. The molecule has 19 heavy (non-hydrogen) atoms. The van der Waals surface area contributed by atoms with Crippen molar-refractivity contribution in [2.24, 2.45) is 0 Å². The molecule has 0 aliphatic carbocycles. The van der Waals surface area contributed by atoms with Crippen LogP contribution in [0.1, 0.15) is 5.76 Å². The summed E-state index contributed by atoms with van der Waals surface area (Å²) in [5.41, 5.74) is 0.748. The van der Waals surface area contributed by atoms with Crippen LogP contribution in [0.25, 0.3) is 5.69 Å². The number of hydrogen-bond donors (Lipinski definition) is 0. The Labute approximate surface area is 113 Å². The van der Waals surface area contributed by atoms with Gasteiger partial charge in [0.1, 0.15) is 11.6 Å². The molecule has 0 radical (unpaired) electrons. The van der Waals surface area contributed by atoms with Crippen molar-refractivity contribution in [3.63, 3.8) is 0 Å². The fourth-order valence-corrected chi connectivity index (χ4v) is 2.53. The van der Waals surface area contributed by atoms with Gasteiger partial charge in [-0.2, -0.15) is 0 Å². The number of thioether (sulfide) groups is 1. The zero-order valence-electron chi connectivity index (χ0n) is 9.86. The molecule has 0 aliphatic rings. The standard InChI is InChI=1S/C13H10FN3OS/c14-10-2-1-3-11(8-10)17-7-6-15-13(17)19-9-12-4-5-16-18-12/h1-8H,9H2. The maximum Gasteiger partial charge on any atom is 0.173 e. The lowest BCUT2D eigenvalue weighted by atomic mass is 10.3. The SMILES string of the molecule is Fc1cccc(-n2ccnc2SCc2ccno2)c1. The molecule has 0 fully saturated rings. The summed E-state index contributed by atoms with van der Waals surface area (Å²) in [5, 5.41) is 4.43. The molecule has 0 aliphatic heterocycles. The number of rotatable bonds is 4. The van der Waals surface area contributed by atoms with Gasteiger partial charge < -0.3 is 4.52 Å². The quantitative estimate of drug-likeness (QED) is 0.685. The van der Waals surface area contributed by atoms with E-state index in [0.29, 0.717) is 5.75 Å². The predicted octanol–water partition coefficient (Wildman–Crippen LogP) is 3.29. The third kappa shape index (κ3) is 2.68. The van der Waals surface area contributed by atoms with Gasteiger partial charge in [-0.15, -0.1) is 0 Å². The molecular formula is C13H10FN3OS. The van der Waals surface area contributed by atoms with E-state index in [1.54, 1.807) is 24.7 Å². The Morgan fingerprint density at radius 2 is 2.21 bits per heavy atom. The second-order valence-corrected chi connectivity index (χ2v) is 4.77. The van der Waals surface area contributed by atoms with Gasteiger partial charge in [0.15, 0.2) is 5.16 Å². The monoisotopic (exact) mass is 275 g/mol. The fourth-order valence-electron chi connectivity index (χ4n) is 1.67. The van der Waals surface area contributed by atoms with Crippen LogP contribution >= 0.6 is 11.8 Å². The molecule has 96 valence electrons. The zero-order valence-corrected chi connectivity index (χ0v) is 10.7. The third-order valence-electron chi connectivity index (χ3n) is 2.53. The van der Waals surface area contributed by atoms with Crippen LogP contribution in [0.4, 0.5) is 4.39 Å². The molecule has 0 atom stereocenters. The van der Waals surface area contributed by atoms with E-state index in [1.165, 1.54) is 23.9 Å². The summed E-state index contributed by atoms with van der Waals surface area (Å²) in [6.07, 6.45) is 5.10. The van der Waals surface area contributed by atoms with Gasteiger partial charge in [-0.1, -0.05) is 23.0 Å². The molecule has 2 heterocycles.